The Morgan fingerprint density at radius 1 is 1.26 bits per heavy atom. The van der Waals surface area contributed by atoms with Crippen LogP contribution < -0.4 is 4.74 Å². The van der Waals surface area contributed by atoms with Gasteiger partial charge in [-0.05, 0) is 48.4 Å². The molecule has 0 radical (unpaired) electrons. The Balaban J connectivity index is 1.78. The van der Waals surface area contributed by atoms with E-state index in [0.29, 0.717) is 18.3 Å². The molecule has 31 heavy (non-hydrogen) atoms. The number of rotatable bonds is 4. The van der Waals surface area contributed by atoms with Crippen molar-refractivity contribution in [2.45, 2.75) is 24.9 Å². The molecule has 160 valence electrons. The third-order valence-corrected chi connectivity index (χ3v) is 6.72. The Hall–Kier alpha value is -3.00. The molecule has 3 aromatic rings. The quantitative estimate of drug-likeness (QED) is 0.434. The van der Waals surface area contributed by atoms with E-state index < -0.39 is 11.6 Å². The molecule has 1 saturated heterocycles. The molecule has 2 aliphatic heterocycles. The third kappa shape index (κ3) is 2.77. The van der Waals surface area contributed by atoms with E-state index in [4.69, 9.17) is 4.74 Å². The van der Waals surface area contributed by atoms with E-state index in [0.717, 1.165) is 33.5 Å². The lowest BCUT2D eigenvalue weighted by Gasteiger charge is -2.42. The van der Waals surface area contributed by atoms with Crippen molar-refractivity contribution in [2.75, 3.05) is 19.0 Å². The van der Waals surface area contributed by atoms with Crippen molar-refractivity contribution in [3.63, 3.8) is 0 Å². The first kappa shape index (κ1) is 19.9. The molecule has 0 aliphatic carbocycles. The number of ether oxygens (including phenoxy) is 1. The minimum Gasteiger partial charge on any atom is -0.508 e. The van der Waals surface area contributed by atoms with Crippen LogP contribution in [-0.4, -0.2) is 56.4 Å². The molecule has 0 saturated carbocycles. The number of benzene rings is 2. The van der Waals surface area contributed by atoms with Crippen LogP contribution in [0.25, 0.3) is 10.9 Å². The highest BCUT2D eigenvalue weighted by atomic mass is 79.9. The van der Waals surface area contributed by atoms with E-state index in [2.05, 4.69) is 20.9 Å². The number of nitrogens with zero attached hydrogens (tertiary/aromatic N) is 2. The second-order valence-electron chi connectivity index (χ2n) is 8.18. The van der Waals surface area contributed by atoms with Gasteiger partial charge in [0.2, 0.25) is 0 Å². The maximum absolute atomic E-state index is 13.5. The third-order valence-electron chi connectivity index (χ3n) is 6.37. The fraction of sp³-hybridized carbons (Fsp3) is 0.304. The van der Waals surface area contributed by atoms with Crippen LogP contribution in [-0.2, 0) is 11.2 Å². The number of phenols is 1. The predicted molar refractivity (Wildman–Crippen MR) is 120 cm³/mol. The molecule has 0 unspecified atom stereocenters. The van der Waals surface area contributed by atoms with Crippen molar-refractivity contribution in [1.82, 2.24) is 14.8 Å². The first-order valence-electron chi connectivity index (χ1n) is 10.1. The Morgan fingerprint density at radius 2 is 2.06 bits per heavy atom. The lowest BCUT2D eigenvalue weighted by molar-refractivity contribution is -0.133. The second-order valence-corrected chi connectivity index (χ2v) is 8.97. The number of amides is 3. The summed E-state index contributed by atoms with van der Waals surface area (Å²) in [5.74, 6) is 0.634. The Kier molecular flexibility index (Phi) is 4.51. The number of H-pyrrole nitrogens is 1. The van der Waals surface area contributed by atoms with Crippen LogP contribution in [0.2, 0.25) is 0 Å². The van der Waals surface area contributed by atoms with E-state index >= 15 is 0 Å². The lowest BCUT2D eigenvalue weighted by atomic mass is 9.81. The first-order valence-corrected chi connectivity index (χ1v) is 11.2. The largest absolute Gasteiger partial charge is 0.508 e. The molecule has 1 fully saturated rings. The molecule has 7 nitrogen and oxygen atoms in total. The van der Waals surface area contributed by atoms with Crippen molar-refractivity contribution in [3.8, 4) is 11.5 Å². The van der Waals surface area contributed by atoms with Gasteiger partial charge >= 0.3 is 6.03 Å². The Morgan fingerprint density at radius 3 is 2.77 bits per heavy atom. The first-order chi connectivity index (χ1) is 14.9. The van der Waals surface area contributed by atoms with Crippen molar-refractivity contribution >= 4 is 38.8 Å². The number of methoxy groups -OCH3 is 1. The molecular weight excluding hydrogens is 462 g/mol. The van der Waals surface area contributed by atoms with Gasteiger partial charge in [-0.1, -0.05) is 28.1 Å². The standard InChI is InChI=1S/C23H22BrN3O4/c1-23-12-17-16-11-15(31-2)6-7-18(16)25-19(17)20(13-4-3-5-14(28)10-13)27(23)22(30)26(9-8-24)21(23)29/h3-7,10-11,20,25,28H,8-9,12H2,1-2H3/t20-,23+/m1/s1. The van der Waals surface area contributed by atoms with Gasteiger partial charge in [0.05, 0.1) is 7.11 Å². The van der Waals surface area contributed by atoms with Crippen molar-refractivity contribution < 1.29 is 19.4 Å². The summed E-state index contributed by atoms with van der Waals surface area (Å²) >= 11 is 3.35. The average Bonchev–Trinajstić information content (AvgIpc) is 3.20. The van der Waals surface area contributed by atoms with Crippen LogP contribution in [0.3, 0.4) is 0 Å². The smallest absolute Gasteiger partial charge is 0.328 e. The van der Waals surface area contributed by atoms with Crippen LogP contribution in [0.5, 0.6) is 11.5 Å². The number of carbonyl (C=O) groups is 2. The molecule has 2 aliphatic rings. The molecule has 3 heterocycles. The van der Waals surface area contributed by atoms with E-state index in [-0.39, 0.29) is 17.7 Å². The highest BCUT2D eigenvalue weighted by molar-refractivity contribution is 9.09. The number of nitrogens with one attached hydrogen (secondary N) is 1. The number of phenolic OH excluding ortho intramolecular Hbond substituents is 1. The number of halogens is 1. The minimum absolute atomic E-state index is 0.111. The summed E-state index contributed by atoms with van der Waals surface area (Å²) < 4.78 is 5.42. The Bertz CT molecular complexity index is 1220. The van der Waals surface area contributed by atoms with Crippen LogP contribution in [0.1, 0.15) is 29.8 Å². The van der Waals surface area contributed by atoms with Gasteiger partial charge in [-0.2, -0.15) is 0 Å². The summed E-state index contributed by atoms with van der Waals surface area (Å²) in [5, 5.41) is 11.6. The molecule has 0 bridgehead atoms. The number of urea groups is 1. The number of aromatic amines is 1. The number of hydrogen-bond donors (Lipinski definition) is 2. The zero-order valence-corrected chi connectivity index (χ0v) is 18.8. The maximum Gasteiger partial charge on any atom is 0.328 e. The van der Waals surface area contributed by atoms with Crippen molar-refractivity contribution in [1.29, 1.82) is 0 Å². The summed E-state index contributed by atoms with van der Waals surface area (Å²) in [5.41, 5.74) is 2.47. The zero-order valence-electron chi connectivity index (χ0n) is 17.2. The van der Waals surface area contributed by atoms with Gasteiger partial charge in [-0.15, -0.1) is 0 Å². The van der Waals surface area contributed by atoms with Gasteiger partial charge in [0, 0.05) is 34.9 Å². The van der Waals surface area contributed by atoms with E-state index in [1.807, 2.05) is 31.2 Å². The van der Waals surface area contributed by atoms with Crippen molar-refractivity contribution in [2.24, 2.45) is 0 Å². The molecule has 5 rings (SSSR count). The fourth-order valence-corrected chi connectivity index (χ4v) is 5.30. The van der Waals surface area contributed by atoms with Crippen LogP contribution in [0.15, 0.2) is 42.5 Å². The number of imide groups is 1. The number of aromatic nitrogens is 1. The number of fused-ring (bicyclic) bond motifs is 4. The van der Waals surface area contributed by atoms with E-state index in [1.54, 1.807) is 30.2 Å². The Labute approximate surface area is 187 Å². The van der Waals surface area contributed by atoms with Gasteiger partial charge in [0.25, 0.3) is 5.91 Å². The fourth-order valence-electron chi connectivity index (χ4n) is 4.94. The van der Waals surface area contributed by atoms with Gasteiger partial charge in [-0.3, -0.25) is 14.6 Å². The average molecular weight is 484 g/mol. The highest BCUT2D eigenvalue weighted by Gasteiger charge is 2.60. The van der Waals surface area contributed by atoms with Gasteiger partial charge in [-0.25, -0.2) is 4.79 Å². The monoisotopic (exact) mass is 483 g/mol. The number of alkyl halides is 1. The second kappa shape index (κ2) is 7.02. The summed E-state index contributed by atoms with van der Waals surface area (Å²) in [6, 6.07) is 11.8. The van der Waals surface area contributed by atoms with Crippen LogP contribution in [0, 0.1) is 0 Å². The summed E-state index contributed by atoms with van der Waals surface area (Å²) in [6.45, 7) is 2.14. The predicted octanol–water partition coefficient (Wildman–Crippen LogP) is 3.95. The molecule has 3 amide bonds. The zero-order chi connectivity index (χ0) is 21.9. The number of aromatic hydroxyl groups is 1. The molecule has 2 N–H and O–H groups in total. The molecular formula is C23H22BrN3O4. The lowest BCUT2D eigenvalue weighted by Crippen LogP contribution is -2.53. The number of carbonyl (C=O) groups excluding carboxylic acids is 2. The summed E-state index contributed by atoms with van der Waals surface area (Å²) in [7, 11) is 1.62. The molecule has 8 heteroatoms. The van der Waals surface area contributed by atoms with Crippen molar-refractivity contribution in [3.05, 3.63) is 59.3 Å². The van der Waals surface area contributed by atoms with Gasteiger partial charge in [0.15, 0.2) is 0 Å². The van der Waals surface area contributed by atoms with E-state index in [1.165, 1.54) is 4.90 Å². The molecule has 2 atom stereocenters. The molecule has 0 spiro atoms. The molecule has 1 aromatic heterocycles. The SMILES string of the molecule is COc1ccc2[nH]c3c(c2c1)C[C@@]1(C)C(=O)N(CCBr)C(=O)N1[C@@H]3c1cccc(O)c1. The maximum atomic E-state index is 13.5. The minimum atomic E-state index is -1.03. The summed E-state index contributed by atoms with van der Waals surface area (Å²) in [4.78, 5) is 33.4. The highest BCUT2D eigenvalue weighted by Crippen LogP contribution is 2.49. The van der Waals surface area contributed by atoms with Crippen LogP contribution >= 0.6 is 15.9 Å². The topological polar surface area (TPSA) is 85.9 Å². The molecule has 2 aromatic carbocycles. The normalized spacial score (nSPS) is 22.7. The number of hydrogen-bond acceptors (Lipinski definition) is 4. The summed E-state index contributed by atoms with van der Waals surface area (Å²) in [6.07, 6.45) is 0.397. The van der Waals surface area contributed by atoms with Gasteiger partial charge < -0.3 is 14.8 Å². The van der Waals surface area contributed by atoms with E-state index in [9.17, 15) is 14.7 Å². The van der Waals surface area contributed by atoms with Gasteiger partial charge in [0.1, 0.15) is 23.1 Å². The van der Waals surface area contributed by atoms with Crippen LogP contribution in [0.4, 0.5) is 4.79 Å².